The summed E-state index contributed by atoms with van der Waals surface area (Å²) in [7, 11) is 0. The maximum Gasteiger partial charge on any atom is 0.324 e. The second-order valence-corrected chi connectivity index (χ2v) is 8.08. The van der Waals surface area contributed by atoms with E-state index in [1.807, 2.05) is 40.1 Å². The minimum atomic E-state index is -0.303. The predicted octanol–water partition coefficient (Wildman–Crippen LogP) is 4.09. The smallest absolute Gasteiger partial charge is 0.324 e. The Morgan fingerprint density at radius 1 is 1.00 bits per heavy atom. The lowest BCUT2D eigenvalue weighted by atomic mass is 9.91. The zero-order valence-corrected chi connectivity index (χ0v) is 16.8. The second kappa shape index (κ2) is 8.07. The molecular formula is C23H25FN4O2. The summed E-state index contributed by atoms with van der Waals surface area (Å²) < 4.78 is 18.7. The minimum absolute atomic E-state index is 0.0948. The summed E-state index contributed by atoms with van der Waals surface area (Å²) in [6, 6.07) is 14.6. The number of nitrogens with zero attached hydrogens (tertiary/aromatic N) is 4. The van der Waals surface area contributed by atoms with Gasteiger partial charge in [-0.1, -0.05) is 23.4 Å². The molecule has 0 bridgehead atoms. The number of anilines is 1. The van der Waals surface area contributed by atoms with Crippen molar-refractivity contribution < 1.29 is 13.7 Å². The van der Waals surface area contributed by atoms with Gasteiger partial charge in [0.1, 0.15) is 5.82 Å². The van der Waals surface area contributed by atoms with Gasteiger partial charge in [0, 0.05) is 49.2 Å². The Kier molecular flexibility index (Phi) is 5.12. The third-order valence-corrected chi connectivity index (χ3v) is 6.29. The van der Waals surface area contributed by atoms with E-state index in [1.54, 1.807) is 6.07 Å². The van der Waals surface area contributed by atoms with Crippen LogP contribution in [0.15, 0.2) is 53.1 Å². The number of halogens is 1. The number of rotatable bonds is 5. The number of hydrogen-bond donors (Lipinski definition) is 0. The van der Waals surface area contributed by atoms with Crippen molar-refractivity contribution in [1.82, 2.24) is 15.0 Å². The SMILES string of the molecule is O=C1N(CCN2CCC(c3noc4cc(F)ccc34)CC2)CCN1c1ccccc1. The molecule has 2 saturated heterocycles. The van der Waals surface area contributed by atoms with E-state index in [0.29, 0.717) is 11.5 Å². The Hall–Kier alpha value is -2.93. The first-order valence-corrected chi connectivity index (χ1v) is 10.6. The Morgan fingerprint density at radius 2 is 1.80 bits per heavy atom. The predicted molar refractivity (Wildman–Crippen MR) is 113 cm³/mol. The molecule has 7 heteroatoms. The molecule has 156 valence electrons. The summed E-state index contributed by atoms with van der Waals surface area (Å²) in [6.07, 6.45) is 1.98. The molecule has 3 heterocycles. The van der Waals surface area contributed by atoms with E-state index >= 15 is 0 Å². The van der Waals surface area contributed by atoms with E-state index in [-0.39, 0.29) is 11.8 Å². The molecule has 0 spiro atoms. The number of para-hydroxylation sites is 1. The number of aromatic nitrogens is 1. The van der Waals surface area contributed by atoms with E-state index in [2.05, 4.69) is 10.1 Å². The van der Waals surface area contributed by atoms with Gasteiger partial charge in [0.05, 0.1) is 5.69 Å². The Bertz CT molecular complexity index is 1030. The molecule has 0 radical (unpaired) electrons. The van der Waals surface area contributed by atoms with Gasteiger partial charge in [0.25, 0.3) is 0 Å². The van der Waals surface area contributed by atoms with Crippen LogP contribution in [-0.4, -0.2) is 60.3 Å². The highest BCUT2D eigenvalue weighted by Crippen LogP contribution is 2.32. The number of carbonyl (C=O) groups excluding carboxylic acids is 1. The molecule has 2 amide bonds. The minimum Gasteiger partial charge on any atom is -0.356 e. The van der Waals surface area contributed by atoms with Crippen molar-refractivity contribution in [3.05, 3.63) is 60.0 Å². The lowest BCUT2D eigenvalue weighted by Gasteiger charge is -2.32. The van der Waals surface area contributed by atoms with E-state index in [4.69, 9.17) is 4.52 Å². The van der Waals surface area contributed by atoms with Gasteiger partial charge < -0.3 is 14.3 Å². The molecule has 2 aliphatic heterocycles. The number of benzene rings is 2. The molecule has 30 heavy (non-hydrogen) atoms. The molecule has 0 saturated carbocycles. The van der Waals surface area contributed by atoms with E-state index in [1.165, 1.54) is 12.1 Å². The average Bonchev–Trinajstić information content (AvgIpc) is 3.36. The highest BCUT2D eigenvalue weighted by atomic mass is 19.1. The molecule has 2 fully saturated rings. The molecule has 0 aliphatic carbocycles. The monoisotopic (exact) mass is 408 g/mol. The fourth-order valence-corrected chi connectivity index (χ4v) is 4.56. The van der Waals surface area contributed by atoms with Crippen LogP contribution in [0, 0.1) is 5.82 Å². The van der Waals surface area contributed by atoms with E-state index in [9.17, 15) is 9.18 Å². The van der Waals surface area contributed by atoms with Crippen molar-refractivity contribution in [2.75, 3.05) is 44.2 Å². The molecule has 5 rings (SSSR count). The fraction of sp³-hybridized carbons (Fsp3) is 0.391. The maximum atomic E-state index is 13.4. The van der Waals surface area contributed by atoms with Gasteiger partial charge in [-0.2, -0.15) is 0 Å². The summed E-state index contributed by atoms with van der Waals surface area (Å²) in [5, 5.41) is 5.14. The quantitative estimate of drug-likeness (QED) is 0.638. The van der Waals surface area contributed by atoms with Crippen LogP contribution in [0.4, 0.5) is 14.9 Å². The third-order valence-electron chi connectivity index (χ3n) is 6.29. The van der Waals surface area contributed by atoms with Crippen LogP contribution in [-0.2, 0) is 0 Å². The summed E-state index contributed by atoms with van der Waals surface area (Å²) in [4.78, 5) is 18.9. The second-order valence-electron chi connectivity index (χ2n) is 8.08. The van der Waals surface area contributed by atoms with Crippen LogP contribution in [0.1, 0.15) is 24.5 Å². The number of urea groups is 1. The van der Waals surface area contributed by atoms with Crippen LogP contribution < -0.4 is 4.90 Å². The molecule has 0 unspecified atom stereocenters. The van der Waals surface area contributed by atoms with Crippen molar-refractivity contribution in [3.8, 4) is 0 Å². The molecule has 6 nitrogen and oxygen atoms in total. The largest absolute Gasteiger partial charge is 0.356 e. The van der Waals surface area contributed by atoms with Crippen molar-refractivity contribution >= 4 is 22.7 Å². The first kappa shape index (κ1) is 19.1. The molecular weight excluding hydrogens is 383 g/mol. The standard InChI is InChI=1S/C23H25FN4O2/c24-18-6-7-20-21(16-18)30-25-22(20)17-8-10-26(11-9-17)12-13-27-14-15-28(23(27)29)19-4-2-1-3-5-19/h1-7,16-17H,8-15H2. The first-order chi connectivity index (χ1) is 14.7. The lowest BCUT2D eigenvalue weighted by Crippen LogP contribution is -2.41. The number of fused-ring (bicyclic) bond motifs is 1. The van der Waals surface area contributed by atoms with Gasteiger partial charge in [-0.05, 0) is 50.2 Å². The summed E-state index contributed by atoms with van der Waals surface area (Å²) >= 11 is 0. The van der Waals surface area contributed by atoms with Crippen LogP contribution in [0.3, 0.4) is 0 Å². The molecule has 3 aromatic rings. The average molecular weight is 408 g/mol. The van der Waals surface area contributed by atoms with Gasteiger partial charge in [0.2, 0.25) is 0 Å². The number of likely N-dealkylation sites (tertiary alicyclic amines) is 1. The lowest BCUT2D eigenvalue weighted by molar-refractivity contribution is 0.180. The normalized spacial score (nSPS) is 18.6. The van der Waals surface area contributed by atoms with E-state index in [0.717, 1.165) is 68.9 Å². The van der Waals surface area contributed by atoms with Crippen molar-refractivity contribution in [3.63, 3.8) is 0 Å². The number of carbonyl (C=O) groups is 1. The molecule has 1 aromatic heterocycles. The highest BCUT2D eigenvalue weighted by molar-refractivity contribution is 5.94. The third kappa shape index (κ3) is 3.65. The van der Waals surface area contributed by atoms with Crippen LogP contribution in [0.25, 0.3) is 11.0 Å². The zero-order valence-electron chi connectivity index (χ0n) is 16.8. The molecule has 0 N–H and O–H groups in total. The van der Waals surface area contributed by atoms with Gasteiger partial charge in [-0.15, -0.1) is 0 Å². The Morgan fingerprint density at radius 3 is 2.60 bits per heavy atom. The van der Waals surface area contributed by atoms with Gasteiger partial charge in [0.15, 0.2) is 5.58 Å². The number of piperidine rings is 1. The molecule has 0 atom stereocenters. The summed E-state index contributed by atoms with van der Waals surface area (Å²) in [5.41, 5.74) is 2.42. The fourth-order valence-electron chi connectivity index (χ4n) is 4.56. The van der Waals surface area contributed by atoms with Crippen LogP contribution in [0.5, 0.6) is 0 Å². The van der Waals surface area contributed by atoms with Gasteiger partial charge in [-0.3, -0.25) is 4.90 Å². The van der Waals surface area contributed by atoms with Crippen molar-refractivity contribution in [2.24, 2.45) is 0 Å². The highest BCUT2D eigenvalue weighted by Gasteiger charge is 2.30. The maximum absolute atomic E-state index is 13.4. The first-order valence-electron chi connectivity index (χ1n) is 10.6. The Labute approximate surface area is 174 Å². The van der Waals surface area contributed by atoms with Crippen molar-refractivity contribution in [1.29, 1.82) is 0 Å². The van der Waals surface area contributed by atoms with Crippen LogP contribution in [0.2, 0.25) is 0 Å². The topological polar surface area (TPSA) is 52.8 Å². The number of amides is 2. The van der Waals surface area contributed by atoms with Crippen LogP contribution >= 0.6 is 0 Å². The van der Waals surface area contributed by atoms with Gasteiger partial charge >= 0.3 is 6.03 Å². The molecule has 2 aliphatic rings. The van der Waals surface area contributed by atoms with Crippen molar-refractivity contribution in [2.45, 2.75) is 18.8 Å². The van der Waals surface area contributed by atoms with Gasteiger partial charge in [-0.25, -0.2) is 9.18 Å². The number of hydrogen-bond acceptors (Lipinski definition) is 4. The molecule has 2 aromatic carbocycles. The zero-order chi connectivity index (χ0) is 20.5. The summed E-state index contributed by atoms with van der Waals surface area (Å²) in [5.74, 6) is 0.0252. The summed E-state index contributed by atoms with van der Waals surface area (Å²) in [6.45, 7) is 5.07. The van der Waals surface area contributed by atoms with E-state index < -0.39 is 0 Å². The Balaban J connectivity index is 1.14.